The van der Waals surface area contributed by atoms with Crippen LogP contribution >= 0.6 is 0 Å². The summed E-state index contributed by atoms with van der Waals surface area (Å²) in [6, 6.07) is 26.5. The van der Waals surface area contributed by atoms with Gasteiger partial charge in [0.2, 0.25) is 10.0 Å². The van der Waals surface area contributed by atoms with Crippen LogP contribution in [0, 0.1) is 20.8 Å². The zero-order valence-corrected chi connectivity index (χ0v) is 32.8. The summed E-state index contributed by atoms with van der Waals surface area (Å²) in [5.74, 6) is -0.549. The molecule has 0 saturated heterocycles. The van der Waals surface area contributed by atoms with Crippen LogP contribution in [0.4, 0.5) is 26.3 Å². The first-order chi connectivity index (χ1) is 24.5. The zero-order chi connectivity index (χ0) is 39.7. The van der Waals surface area contributed by atoms with E-state index in [0.717, 1.165) is 22.8 Å². The molecule has 284 valence electrons. The number of hydrogen-bond donors (Lipinski definition) is 2. The van der Waals surface area contributed by atoms with E-state index in [1.807, 2.05) is 26.0 Å². The number of rotatable bonds is 8. The molecule has 5 rings (SSSR count). The number of hydrogen-bond acceptors (Lipinski definition) is 7. The van der Waals surface area contributed by atoms with Crippen molar-refractivity contribution in [1.82, 2.24) is 9.78 Å². The third-order valence-electron chi connectivity index (χ3n) is 7.07. The van der Waals surface area contributed by atoms with Gasteiger partial charge in [0.25, 0.3) is 11.3 Å². The van der Waals surface area contributed by atoms with Crippen molar-refractivity contribution in [3.8, 4) is 22.7 Å². The van der Waals surface area contributed by atoms with Crippen molar-refractivity contribution in [3.63, 3.8) is 0 Å². The third kappa shape index (κ3) is 14.4. The second-order valence-electron chi connectivity index (χ2n) is 11.4. The summed E-state index contributed by atoms with van der Waals surface area (Å²) in [6.45, 7) is 5.57. The molecule has 4 aromatic carbocycles. The van der Waals surface area contributed by atoms with Crippen molar-refractivity contribution < 1.29 is 82.6 Å². The van der Waals surface area contributed by atoms with Gasteiger partial charge in [0.1, 0.15) is 5.75 Å². The topological polar surface area (TPSA) is 170 Å². The number of aryl methyl sites for hydroxylation is 3. The van der Waals surface area contributed by atoms with Crippen molar-refractivity contribution >= 4 is 27.1 Å². The Morgan fingerprint density at radius 2 is 1.30 bits per heavy atom. The number of carbonyl (C=O) groups is 1. The minimum absolute atomic E-state index is 0. The van der Waals surface area contributed by atoms with Gasteiger partial charge >= 0.3 is 41.9 Å². The monoisotopic (exact) mass is 806 g/mol. The molecule has 0 amide bonds. The number of primary sulfonamides is 1. The summed E-state index contributed by atoms with van der Waals surface area (Å²) in [7, 11) is -3.52. The van der Waals surface area contributed by atoms with Crippen LogP contribution in [-0.2, 0) is 27.5 Å². The number of Topliss-reactive ketones (excluding diaryl/α,β-unsaturated/α-hetero) is 1. The van der Waals surface area contributed by atoms with E-state index in [2.05, 4.69) is 5.10 Å². The fourth-order valence-corrected chi connectivity index (χ4v) is 5.07. The number of sulfonamides is 1. The molecule has 10 nitrogen and oxygen atoms in total. The van der Waals surface area contributed by atoms with E-state index < -0.39 is 57.6 Å². The van der Waals surface area contributed by atoms with Crippen LogP contribution in [0.3, 0.4) is 0 Å². The van der Waals surface area contributed by atoms with Crippen molar-refractivity contribution in [3.05, 3.63) is 131 Å². The molecule has 19 heteroatoms. The van der Waals surface area contributed by atoms with Crippen molar-refractivity contribution in [2.75, 3.05) is 0 Å². The molecule has 54 heavy (non-hydrogen) atoms. The number of ketones is 1. The number of carbonyl (C=O) groups excluding carboxylic acids is 1. The molecular formula is C35H33F6N4NaO6S2. The predicted octanol–water partition coefficient (Wildman–Crippen LogP) is 3.29. The van der Waals surface area contributed by atoms with Crippen molar-refractivity contribution in [2.45, 2.75) is 50.5 Å². The number of nitrogens with zero attached hydrogens (tertiary/aromatic N) is 2. The fourth-order valence-electron chi connectivity index (χ4n) is 4.25. The first-order valence-corrected chi connectivity index (χ1v) is 17.8. The zero-order valence-electron chi connectivity index (χ0n) is 29.2. The normalized spacial score (nSPS) is 12.5. The number of alkyl halides is 6. The van der Waals surface area contributed by atoms with E-state index in [9.17, 15) is 48.9 Å². The Morgan fingerprint density at radius 1 is 0.833 bits per heavy atom. The van der Waals surface area contributed by atoms with Gasteiger partial charge in [-0.2, -0.15) is 35.7 Å². The van der Waals surface area contributed by atoms with Gasteiger partial charge in [-0.25, -0.2) is 23.4 Å². The fraction of sp³-hybridized carbons (Fsp3) is 0.200. The molecule has 0 aliphatic rings. The van der Waals surface area contributed by atoms with Gasteiger partial charge in [0.15, 0.2) is 11.5 Å². The first-order valence-electron chi connectivity index (χ1n) is 15.2. The number of benzene rings is 4. The van der Waals surface area contributed by atoms with Gasteiger partial charge in [-0.15, -0.1) is 0 Å². The van der Waals surface area contributed by atoms with Gasteiger partial charge in [0, 0.05) is 17.5 Å². The summed E-state index contributed by atoms with van der Waals surface area (Å²) >= 11 is -1.98. The molecule has 0 saturated carbocycles. The van der Waals surface area contributed by atoms with Gasteiger partial charge in [-0.1, -0.05) is 77.4 Å². The van der Waals surface area contributed by atoms with Crippen LogP contribution in [0.5, 0.6) is 5.75 Å². The van der Waals surface area contributed by atoms with Crippen LogP contribution in [0.2, 0.25) is 0 Å². The summed E-state index contributed by atoms with van der Waals surface area (Å²) < 4.78 is 114. The third-order valence-corrected chi connectivity index (χ3v) is 8.35. The van der Waals surface area contributed by atoms with Gasteiger partial charge in [-0.3, -0.25) is 4.79 Å². The Balaban J connectivity index is 0.000000307. The number of halogens is 6. The van der Waals surface area contributed by atoms with Crippen LogP contribution in [0.25, 0.3) is 16.9 Å². The Kier molecular flexibility index (Phi) is 16.8. The van der Waals surface area contributed by atoms with E-state index in [-0.39, 0.29) is 45.8 Å². The average Bonchev–Trinajstić information content (AvgIpc) is 3.52. The Hall–Kier alpha value is -3.88. The molecular weight excluding hydrogens is 774 g/mol. The molecule has 0 bridgehead atoms. The predicted molar refractivity (Wildman–Crippen MR) is 184 cm³/mol. The largest absolute Gasteiger partial charge is 1.00 e. The molecule has 0 aliphatic heterocycles. The second-order valence-corrected chi connectivity index (χ2v) is 13.7. The van der Waals surface area contributed by atoms with Crippen LogP contribution in [0.1, 0.15) is 39.2 Å². The molecule has 1 aromatic heterocycles. The minimum Gasteiger partial charge on any atom is -0.845 e. The maximum absolute atomic E-state index is 13.1. The van der Waals surface area contributed by atoms with Gasteiger partial charge in [0.05, 0.1) is 16.3 Å². The van der Waals surface area contributed by atoms with E-state index in [1.54, 1.807) is 43.3 Å². The van der Waals surface area contributed by atoms with E-state index in [0.29, 0.717) is 16.9 Å². The molecule has 1 heterocycles. The second kappa shape index (κ2) is 19.6. The molecule has 5 aromatic rings. The molecule has 0 radical (unpaired) electrons. The number of nitrogens with two attached hydrogens (primary N) is 2. The van der Waals surface area contributed by atoms with E-state index >= 15 is 0 Å². The standard InChI is InChI=1S/C17H14F3N3O2S.C11H10F3O2.C7H9NO2S.Na/c1-11-2-4-12(5-3-11)15-10-16(17(18,19)20)22-23(15)13-6-8-14(9-7-13)25-26(21)24;1-7-2-4-8(5-3-7)9(15)6-10(16)11(12,13)14;1-6-2-4-7(5-3-6)11(8,9)10;/h2-10H,21H2,1H3;2-5,10H,6H2,1H3;2-5H,1H3,(H2,8,9,10);/q;-1;;+1. The smallest absolute Gasteiger partial charge is 0.845 e. The minimum atomic E-state index is -4.86. The Morgan fingerprint density at radius 3 is 1.72 bits per heavy atom. The summed E-state index contributed by atoms with van der Waals surface area (Å²) in [5, 5.41) is 24.3. The maximum atomic E-state index is 13.1. The summed E-state index contributed by atoms with van der Waals surface area (Å²) in [6.07, 6.45) is -13.3. The SMILES string of the molecule is Cc1ccc(-c2cc(C(F)(F)F)nn2-c2ccc(OS(N)=O)cc2)cc1.Cc1ccc(C(=O)CC([O-])C(F)(F)F)cc1.Cc1ccc(S(N)(=O)=O)cc1.[Na+]. The molecule has 4 N–H and O–H groups in total. The number of aromatic nitrogens is 2. The Bertz CT molecular complexity index is 2110. The maximum Gasteiger partial charge on any atom is 1.00 e. The van der Waals surface area contributed by atoms with Crippen LogP contribution < -0.4 is 49.1 Å². The van der Waals surface area contributed by atoms with Crippen LogP contribution in [0.15, 0.2) is 108 Å². The first kappa shape index (κ1) is 46.3. The van der Waals surface area contributed by atoms with Gasteiger partial charge < -0.3 is 9.29 Å². The summed E-state index contributed by atoms with van der Waals surface area (Å²) in [5.41, 5.74) is 3.34. The van der Waals surface area contributed by atoms with E-state index in [1.165, 1.54) is 53.2 Å². The molecule has 0 fully saturated rings. The molecule has 2 atom stereocenters. The molecule has 2 unspecified atom stereocenters. The van der Waals surface area contributed by atoms with Crippen LogP contribution in [-0.4, -0.2) is 40.5 Å². The molecule has 0 aliphatic carbocycles. The van der Waals surface area contributed by atoms with Crippen molar-refractivity contribution in [2.24, 2.45) is 10.3 Å². The van der Waals surface area contributed by atoms with Gasteiger partial charge in [-0.05, 0) is 69.3 Å². The molecule has 0 spiro atoms. The Labute approximate surface area is 332 Å². The average molecular weight is 807 g/mol. The summed E-state index contributed by atoms with van der Waals surface area (Å²) in [4.78, 5) is 11.5. The van der Waals surface area contributed by atoms with Crippen molar-refractivity contribution in [1.29, 1.82) is 0 Å². The van der Waals surface area contributed by atoms with E-state index in [4.69, 9.17) is 14.5 Å². The quantitative estimate of drug-likeness (QED) is 0.138.